The average Bonchev–Trinajstić information content (AvgIpc) is 2.28. The average molecular weight is 208 g/mol. The number of aliphatic hydroxyl groups excluding tert-OH is 1. The Morgan fingerprint density at radius 2 is 2.40 bits per heavy atom. The summed E-state index contributed by atoms with van der Waals surface area (Å²) in [5, 5.41) is 12.7. The molecule has 0 spiro atoms. The maximum Gasteiger partial charge on any atom is 0.127 e. The van der Waals surface area contributed by atoms with Crippen LogP contribution < -0.4 is 10.1 Å². The van der Waals surface area contributed by atoms with E-state index in [0.29, 0.717) is 18.9 Å². The maximum atomic E-state index is 9.54. The number of para-hydroxylation sites is 1. The van der Waals surface area contributed by atoms with Crippen LogP contribution in [0.25, 0.3) is 0 Å². The fourth-order valence-corrected chi connectivity index (χ4v) is 1.16. The van der Waals surface area contributed by atoms with Crippen molar-refractivity contribution in [2.45, 2.75) is 19.4 Å². The molecule has 2 N–H and O–H groups in total. The highest BCUT2D eigenvalue weighted by molar-refractivity contribution is 5.19. The summed E-state index contributed by atoms with van der Waals surface area (Å²) in [6.45, 7) is 3.89. The molecule has 3 heteroatoms. The lowest BCUT2D eigenvalue weighted by atomic mass is 10.3. The van der Waals surface area contributed by atoms with Crippen LogP contribution in [0.5, 0.6) is 5.75 Å². The summed E-state index contributed by atoms with van der Waals surface area (Å²) in [6.07, 6.45) is 0.602. The van der Waals surface area contributed by atoms with E-state index < -0.39 is 6.10 Å². The number of rotatable bonds is 7. The second-order valence-electron chi connectivity index (χ2n) is 3.40. The van der Waals surface area contributed by atoms with Gasteiger partial charge in [0.2, 0.25) is 0 Å². The second kappa shape index (κ2) is 7.26. The van der Waals surface area contributed by atoms with Gasteiger partial charge in [-0.1, -0.05) is 25.1 Å². The molecule has 15 heavy (non-hydrogen) atoms. The summed E-state index contributed by atoms with van der Waals surface area (Å²) in [5.41, 5.74) is 0. The van der Waals surface area contributed by atoms with E-state index in [2.05, 4.69) is 18.3 Å². The summed E-state index contributed by atoms with van der Waals surface area (Å²) in [7, 11) is 0. The van der Waals surface area contributed by atoms with Crippen LogP contribution >= 0.6 is 0 Å². The van der Waals surface area contributed by atoms with Crippen molar-refractivity contribution < 1.29 is 9.84 Å². The van der Waals surface area contributed by atoms with Gasteiger partial charge in [0.05, 0.1) is 0 Å². The van der Waals surface area contributed by atoms with Crippen LogP contribution in [-0.2, 0) is 0 Å². The van der Waals surface area contributed by atoms with Crippen LogP contribution in [0, 0.1) is 6.07 Å². The van der Waals surface area contributed by atoms with Crippen molar-refractivity contribution >= 4 is 0 Å². The highest BCUT2D eigenvalue weighted by atomic mass is 16.5. The molecular weight excluding hydrogens is 190 g/mol. The van der Waals surface area contributed by atoms with Crippen LogP contribution in [0.1, 0.15) is 13.3 Å². The molecule has 0 fully saturated rings. The van der Waals surface area contributed by atoms with Crippen LogP contribution in [0.2, 0.25) is 0 Å². The Labute approximate surface area is 91.1 Å². The van der Waals surface area contributed by atoms with Crippen molar-refractivity contribution in [2.24, 2.45) is 0 Å². The molecule has 1 aromatic carbocycles. The topological polar surface area (TPSA) is 41.5 Å². The Balaban J connectivity index is 2.14. The van der Waals surface area contributed by atoms with Gasteiger partial charge in [-0.15, -0.1) is 0 Å². The first kappa shape index (κ1) is 12.0. The number of aliphatic hydroxyl groups is 1. The van der Waals surface area contributed by atoms with Crippen molar-refractivity contribution in [2.75, 3.05) is 19.7 Å². The molecule has 0 saturated heterocycles. The molecule has 0 aliphatic carbocycles. The van der Waals surface area contributed by atoms with E-state index in [0.717, 1.165) is 13.0 Å². The number of nitrogens with one attached hydrogen (secondary N) is 1. The quantitative estimate of drug-likeness (QED) is 0.662. The molecular formula is C12H18NO2. The molecule has 1 aromatic rings. The molecule has 0 heterocycles. The molecule has 1 rings (SSSR count). The first-order chi connectivity index (χ1) is 7.33. The van der Waals surface area contributed by atoms with Crippen LogP contribution in [0.15, 0.2) is 24.3 Å². The minimum atomic E-state index is -0.467. The fraction of sp³-hybridized carbons (Fsp3) is 0.500. The van der Waals surface area contributed by atoms with E-state index in [1.54, 1.807) is 6.07 Å². The predicted octanol–water partition coefficient (Wildman–Crippen LogP) is 1.23. The minimum Gasteiger partial charge on any atom is -0.490 e. The normalized spacial score (nSPS) is 12.4. The number of hydrogen-bond donors (Lipinski definition) is 2. The molecule has 83 valence electrons. The highest BCUT2D eigenvalue weighted by Crippen LogP contribution is 2.07. The Morgan fingerprint density at radius 3 is 3.07 bits per heavy atom. The van der Waals surface area contributed by atoms with Gasteiger partial charge in [-0.05, 0) is 19.0 Å². The number of benzene rings is 1. The fourth-order valence-electron chi connectivity index (χ4n) is 1.16. The lowest BCUT2D eigenvalue weighted by Crippen LogP contribution is -2.31. The van der Waals surface area contributed by atoms with Gasteiger partial charge in [0, 0.05) is 12.6 Å². The van der Waals surface area contributed by atoms with Gasteiger partial charge in [-0.3, -0.25) is 0 Å². The van der Waals surface area contributed by atoms with E-state index in [9.17, 15) is 5.11 Å². The van der Waals surface area contributed by atoms with E-state index in [4.69, 9.17) is 4.74 Å². The third-order valence-corrected chi connectivity index (χ3v) is 1.92. The monoisotopic (exact) mass is 208 g/mol. The first-order valence-corrected chi connectivity index (χ1v) is 5.31. The Bertz CT molecular complexity index is 251. The van der Waals surface area contributed by atoms with Gasteiger partial charge < -0.3 is 15.2 Å². The van der Waals surface area contributed by atoms with Crippen molar-refractivity contribution in [3.8, 4) is 5.75 Å². The highest BCUT2D eigenvalue weighted by Gasteiger charge is 2.03. The molecule has 1 unspecified atom stereocenters. The second-order valence-corrected chi connectivity index (χ2v) is 3.40. The maximum absolute atomic E-state index is 9.54. The van der Waals surface area contributed by atoms with Gasteiger partial charge in [-0.25, -0.2) is 0 Å². The van der Waals surface area contributed by atoms with E-state index in [1.165, 1.54) is 0 Å². The van der Waals surface area contributed by atoms with Gasteiger partial charge in [0.1, 0.15) is 18.5 Å². The van der Waals surface area contributed by atoms with Gasteiger partial charge in [0.15, 0.2) is 0 Å². The molecule has 0 saturated carbocycles. The zero-order valence-corrected chi connectivity index (χ0v) is 9.07. The molecule has 0 amide bonds. The van der Waals surface area contributed by atoms with Crippen molar-refractivity contribution in [3.63, 3.8) is 0 Å². The van der Waals surface area contributed by atoms with E-state index >= 15 is 0 Å². The van der Waals surface area contributed by atoms with Crippen molar-refractivity contribution in [1.29, 1.82) is 0 Å². The summed E-state index contributed by atoms with van der Waals surface area (Å²) < 4.78 is 5.35. The van der Waals surface area contributed by atoms with Gasteiger partial charge in [-0.2, -0.15) is 0 Å². The van der Waals surface area contributed by atoms with Crippen molar-refractivity contribution in [3.05, 3.63) is 30.3 Å². The predicted molar refractivity (Wildman–Crippen MR) is 59.9 cm³/mol. The van der Waals surface area contributed by atoms with Crippen LogP contribution in [0.3, 0.4) is 0 Å². The zero-order valence-electron chi connectivity index (χ0n) is 9.07. The third kappa shape index (κ3) is 5.40. The molecule has 0 aliphatic rings. The van der Waals surface area contributed by atoms with Gasteiger partial charge >= 0.3 is 0 Å². The first-order valence-electron chi connectivity index (χ1n) is 5.31. The number of hydrogen-bond acceptors (Lipinski definition) is 3. The lowest BCUT2D eigenvalue weighted by molar-refractivity contribution is 0.106. The SMILES string of the molecule is CCCNCC(O)COc1[c]cccc1. The van der Waals surface area contributed by atoms with Crippen molar-refractivity contribution in [1.82, 2.24) is 5.32 Å². The van der Waals surface area contributed by atoms with E-state index in [1.807, 2.05) is 18.2 Å². The summed E-state index contributed by atoms with van der Waals surface area (Å²) in [4.78, 5) is 0. The Hall–Kier alpha value is -1.06. The Kier molecular flexibility index (Phi) is 5.81. The molecule has 1 radical (unpaired) electrons. The zero-order chi connectivity index (χ0) is 10.9. The van der Waals surface area contributed by atoms with Gasteiger partial charge in [0.25, 0.3) is 0 Å². The third-order valence-electron chi connectivity index (χ3n) is 1.92. The van der Waals surface area contributed by atoms with E-state index in [-0.39, 0.29) is 0 Å². The van der Waals surface area contributed by atoms with Crippen LogP contribution in [0.4, 0.5) is 0 Å². The number of ether oxygens (including phenoxy) is 1. The largest absolute Gasteiger partial charge is 0.490 e. The van der Waals surface area contributed by atoms with Crippen LogP contribution in [-0.4, -0.2) is 30.9 Å². The lowest BCUT2D eigenvalue weighted by Gasteiger charge is -2.12. The molecule has 0 aromatic heterocycles. The summed E-state index contributed by atoms with van der Waals surface area (Å²) in [5.74, 6) is 0.673. The standard InChI is InChI=1S/C12H18NO2/c1-2-8-13-9-11(14)10-15-12-6-4-3-5-7-12/h3-6,11,13-14H,2,8-10H2,1H3. The smallest absolute Gasteiger partial charge is 0.127 e. The summed E-state index contributed by atoms with van der Waals surface area (Å²) in [6, 6.07) is 10.3. The molecule has 1 atom stereocenters. The Morgan fingerprint density at radius 1 is 1.53 bits per heavy atom. The molecule has 0 bridgehead atoms. The summed E-state index contributed by atoms with van der Waals surface area (Å²) >= 11 is 0. The minimum absolute atomic E-state index is 0.303. The molecule has 3 nitrogen and oxygen atoms in total. The molecule has 0 aliphatic heterocycles.